The van der Waals surface area contributed by atoms with Gasteiger partial charge >= 0.3 is 0 Å². The van der Waals surface area contributed by atoms with Crippen LogP contribution in [-0.2, 0) is 20.1 Å². The Morgan fingerprint density at radius 1 is 1.38 bits per heavy atom. The maximum Gasteiger partial charge on any atom is 0.194 e. The van der Waals surface area contributed by atoms with Crippen LogP contribution in [0, 0.1) is 0 Å². The molecule has 0 aliphatic heterocycles. The van der Waals surface area contributed by atoms with Gasteiger partial charge in [-0.25, -0.2) is 0 Å². The van der Waals surface area contributed by atoms with Crippen LogP contribution in [0.5, 0.6) is 0 Å². The Balaban J connectivity index is 1.94. The molecule has 2 aromatic heterocycles. The lowest BCUT2D eigenvalue weighted by atomic mass is 10.4. The van der Waals surface area contributed by atoms with Crippen molar-refractivity contribution in [2.24, 2.45) is 12.0 Å². The number of hydrogen-bond donors (Lipinski definition) is 1. The van der Waals surface area contributed by atoms with Gasteiger partial charge in [0, 0.05) is 44.9 Å². The number of aliphatic imine (C=N–C) groups is 1. The van der Waals surface area contributed by atoms with Crippen molar-refractivity contribution < 1.29 is 0 Å². The second-order valence-corrected chi connectivity index (χ2v) is 4.97. The molecule has 0 aliphatic carbocycles. The fraction of sp³-hybridized carbons (Fsp3) is 0.467. The third-order valence-electron chi connectivity index (χ3n) is 3.30. The van der Waals surface area contributed by atoms with Gasteiger partial charge in [-0.2, -0.15) is 5.10 Å². The van der Waals surface area contributed by atoms with Crippen LogP contribution in [0.1, 0.15) is 12.6 Å². The zero-order chi connectivity index (χ0) is 15.1. The summed E-state index contributed by atoms with van der Waals surface area (Å²) >= 11 is 0. The quantitative estimate of drug-likeness (QED) is 0.644. The van der Waals surface area contributed by atoms with Crippen molar-refractivity contribution in [2.45, 2.75) is 20.0 Å². The summed E-state index contributed by atoms with van der Waals surface area (Å²) in [5, 5.41) is 7.52. The van der Waals surface area contributed by atoms with E-state index in [1.54, 1.807) is 6.20 Å². The van der Waals surface area contributed by atoms with E-state index < -0.39 is 0 Å². The Morgan fingerprint density at radius 2 is 2.24 bits per heavy atom. The van der Waals surface area contributed by atoms with Gasteiger partial charge in [-0.15, -0.1) is 0 Å². The molecule has 6 heteroatoms. The number of nitrogens with one attached hydrogen (secondary N) is 1. The van der Waals surface area contributed by atoms with E-state index in [2.05, 4.69) is 64.2 Å². The molecule has 0 fully saturated rings. The van der Waals surface area contributed by atoms with Crippen LogP contribution < -0.4 is 5.32 Å². The van der Waals surface area contributed by atoms with Gasteiger partial charge in [0.15, 0.2) is 5.96 Å². The van der Waals surface area contributed by atoms with Crippen molar-refractivity contribution >= 4 is 5.96 Å². The third kappa shape index (κ3) is 4.37. The minimum absolute atomic E-state index is 0.710. The highest BCUT2D eigenvalue weighted by Crippen LogP contribution is 2.03. The predicted octanol–water partition coefficient (Wildman–Crippen LogP) is 1.32. The van der Waals surface area contributed by atoms with Crippen LogP contribution >= 0.6 is 0 Å². The largest absolute Gasteiger partial charge is 0.357 e. The fourth-order valence-electron chi connectivity index (χ4n) is 2.14. The highest BCUT2D eigenvalue weighted by Gasteiger charge is 2.07. The monoisotopic (exact) mass is 288 g/mol. The molecule has 1 N–H and O–H groups in total. The number of hydrogen-bond acceptors (Lipinski definition) is 2. The van der Waals surface area contributed by atoms with Crippen LogP contribution in [0.25, 0.3) is 0 Å². The number of aryl methyl sites for hydroxylation is 1. The summed E-state index contributed by atoms with van der Waals surface area (Å²) in [5.74, 6) is 0.922. The molecule has 0 aromatic carbocycles. The average molecular weight is 288 g/mol. The Kier molecular flexibility index (Phi) is 5.43. The van der Waals surface area contributed by atoms with Gasteiger partial charge in [0.05, 0.1) is 19.6 Å². The Bertz CT molecular complexity index is 554. The van der Waals surface area contributed by atoms with Gasteiger partial charge in [-0.05, 0) is 25.1 Å². The van der Waals surface area contributed by atoms with Crippen LogP contribution in [0.15, 0.2) is 41.8 Å². The molecule has 0 saturated carbocycles. The fourth-order valence-corrected chi connectivity index (χ4v) is 2.14. The molecule has 0 amide bonds. The van der Waals surface area contributed by atoms with E-state index in [0.717, 1.165) is 25.6 Å². The summed E-state index contributed by atoms with van der Waals surface area (Å²) in [4.78, 5) is 6.80. The molecule has 2 aromatic rings. The van der Waals surface area contributed by atoms with E-state index in [4.69, 9.17) is 0 Å². The highest BCUT2D eigenvalue weighted by molar-refractivity contribution is 5.79. The normalized spacial score (nSPS) is 11.7. The summed E-state index contributed by atoms with van der Waals surface area (Å²) in [7, 11) is 4.12. The molecular weight excluding hydrogens is 264 g/mol. The van der Waals surface area contributed by atoms with E-state index >= 15 is 0 Å². The molecule has 0 unspecified atom stereocenters. The molecular formula is C15H24N6. The maximum absolute atomic E-state index is 4.66. The highest BCUT2D eigenvalue weighted by atomic mass is 15.3. The minimum atomic E-state index is 0.710. The molecule has 6 nitrogen and oxygen atoms in total. The summed E-state index contributed by atoms with van der Waals surface area (Å²) in [6.45, 7) is 5.27. The van der Waals surface area contributed by atoms with Gasteiger partial charge in [0.1, 0.15) is 0 Å². The molecule has 0 radical (unpaired) electrons. The van der Waals surface area contributed by atoms with E-state index in [1.165, 1.54) is 5.69 Å². The predicted molar refractivity (Wildman–Crippen MR) is 85.1 cm³/mol. The number of guanidine groups is 1. The van der Waals surface area contributed by atoms with Gasteiger partial charge in [0.25, 0.3) is 0 Å². The number of rotatable bonds is 6. The first-order valence-corrected chi connectivity index (χ1v) is 7.27. The first-order chi connectivity index (χ1) is 10.2. The summed E-state index contributed by atoms with van der Waals surface area (Å²) < 4.78 is 4.02. The second-order valence-electron chi connectivity index (χ2n) is 4.97. The maximum atomic E-state index is 4.66. The minimum Gasteiger partial charge on any atom is -0.357 e. The molecule has 0 spiro atoms. The van der Waals surface area contributed by atoms with E-state index in [-0.39, 0.29) is 0 Å². The summed E-state index contributed by atoms with van der Waals surface area (Å²) in [6.07, 6.45) is 5.80. The van der Waals surface area contributed by atoms with E-state index in [9.17, 15) is 0 Å². The molecule has 2 rings (SSSR count). The lowest BCUT2D eigenvalue weighted by Crippen LogP contribution is -2.39. The number of nitrogens with zero attached hydrogens (tertiary/aromatic N) is 5. The van der Waals surface area contributed by atoms with Crippen LogP contribution in [0.4, 0.5) is 0 Å². The van der Waals surface area contributed by atoms with Crippen molar-refractivity contribution in [3.05, 3.63) is 42.5 Å². The lowest BCUT2D eigenvalue weighted by molar-refractivity contribution is 0.460. The molecule has 0 atom stereocenters. The van der Waals surface area contributed by atoms with Crippen molar-refractivity contribution in [3.8, 4) is 0 Å². The Hall–Kier alpha value is -2.24. The van der Waals surface area contributed by atoms with Crippen LogP contribution in [-0.4, -0.2) is 45.3 Å². The Morgan fingerprint density at radius 3 is 2.86 bits per heavy atom. The van der Waals surface area contributed by atoms with E-state index in [1.807, 2.05) is 16.9 Å². The molecule has 114 valence electrons. The van der Waals surface area contributed by atoms with Gasteiger partial charge in [-0.3, -0.25) is 9.67 Å². The smallest absolute Gasteiger partial charge is 0.194 e. The standard InChI is InChI=1S/C15H24N6/c1-4-16-15(17-9-12-21-11-6-8-18-21)20(3)13-14-7-5-10-19(14)2/h5-8,10-11H,4,9,12-13H2,1-3H3,(H,16,17). The molecule has 2 heterocycles. The third-order valence-corrected chi connectivity index (χ3v) is 3.30. The summed E-state index contributed by atoms with van der Waals surface area (Å²) in [6, 6.07) is 6.12. The molecule has 0 aliphatic rings. The van der Waals surface area contributed by atoms with Gasteiger partial charge in [-0.1, -0.05) is 0 Å². The lowest BCUT2D eigenvalue weighted by Gasteiger charge is -2.22. The summed E-state index contributed by atoms with van der Waals surface area (Å²) in [5.41, 5.74) is 1.26. The van der Waals surface area contributed by atoms with Gasteiger partial charge < -0.3 is 14.8 Å². The van der Waals surface area contributed by atoms with Crippen molar-refractivity contribution in [3.63, 3.8) is 0 Å². The van der Waals surface area contributed by atoms with Crippen LogP contribution in [0.2, 0.25) is 0 Å². The van der Waals surface area contributed by atoms with Crippen LogP contribution in [0.3, 0.4) is 0 Å². The topological polar surface area (TPSA) is 50.4 Å². The first-order valence-electron chi connectivity index (χ1n) is 7.27. The van der Waals surface area contributed by atoms with E-state index in [0.29, 0.717) is 6.54 Å². The Labute approximate surface area is 126 Å². The number of aromatic nitrogens is 3. The zero-order valence-corrected chi connectivity index (χ0v) is 13.0. The van der Waals surface area contributed by atoms with Crippen molar-refractivity contribution in [1.29, 1.82) is 0 Å². The van der Waals surface area contributed by atoms with Gasteiger partial charge in [0.2, 0.25) is 0 Å². The zero-order valence-electron chi connectivity index (χ0n) is 13.0. The molecule has 21 heavy (non-hydrogen) atoms. The van der Waals surface area contributed by atoms with Crippen molar-refractivity contribution in [1.82, 2.24) is 24.6 Å². The van der Waals surface area contributed by atoms with Crippen molar-refractivity contribution in [2.75, 3.05) is 20.1 Å². The SMILES string of the molecule is CCNC(=NCCn1cccn1)N(C)Cc1cccn1C. The molecule has 0 bridgehead atoms. The molecule has 0 saturated heterocycles. The average Bonchev–Trinajstić information content (AvgIpc) is 3.10. The second kappa shape index (κ2) is 7.52. The first kappa shape index (κ1) is 15.2.